The van der Waals surface area contributed by atoms with E-state index in [4.69, 9.17) is 4.74 Å². The predicted molar refractivity (Wildman–Crippen MR) is 116 cm³/mol. The third-order valence-electron chi connectivity index (χ3n) is 5.51. The van der Waals surface area contributed by atoms with Crippen LogP contribution in [0.2, 0.25) is 0 Å². The summed E-state index contributed by atoms with van der Waals surface area (Å²) in [4.78, 5) is 4.63. The van der Waals surface area contributed by atoms with E-state index in [2.05, 4.69) is 25.8 Å². The first kappa shape index (κ1) is 23.5. The van der Waals surface area contributed by atoms with E-state index >= 15 is 0 Å². The van der Waals surface area contributed by atoms with Crippen LogP contribution in [0, 0.1) is 0 Å². The molecule has 1 aliphatic heterocycles. The summed E-state index contributed by atoms with van der Waals surface area (Å²) in [6.07, 6.45) is 25.3. The molecule has 1 rings (SSSR count). The van der Waals surface area contributed by atoms with Gasteiger partial charge in [0, 0.05) is 6.42 Å². The minimum absolute atomic E-state index is 0.0178. The van der Waals surface area contributed by atoms with Crippen molar-refractivity contribution in [1.82, 2.24) is 0 Å². The van der Waals surface area contributed by atoms with E-state index in [0.29, 0.717) is 0 Å². The Balaban J connectivity index is 1.71. The molecule has 2 nitrogen and oxygen atoms in total. The minimum atomic E-state index is 0.0178. The molecule has 0 spiro atoms. The Hall–Kier alpha value is -0.530. The van der Waals surface area contributed by atoms with Crippen molar-refractivity contribution in [3.05, 3.63) is 0 Å². The lowest BCUT2D eigenvalue weighted by atomic mass is 10.0. The van der Waals surface area contributed by atoms with E-state index in [1.807, 2.05) is 0 Å². The van der Waals surface area contributed by atoms with Crippen molar-refractivity contribution < 1.29 is 4.74 Å². The Morgan fingerprint density at radius 1 is 0.654 bits per heavy atom. The average Bonchev–Trinajstić information content (AvgIpc) is 2.96. The second-order valence-electron chi connectivity index (χ2n) is 9.01. The summed E-state index contributed by atoms with van der Waals surface area (Å²) in [5, 5.41) is 0. The Kier molecular flexibility index (Phi) is 14.0. The molecule has 0 aromatic rings. The molecule has 1 aliphatic rings. The molecule has 0 radical (unpaired) electrons. The van der Waals surface area contributed by atoms with Crippen LogP contribution >= 0.6 is 0 Å². The van der Waals surface area contributed by atoms with Crippen LogP contribution in [0.15, 0.2) is 4.99 Å². The summed E-state index contributed by atoms with van der Waals surface area (Å²) in [6.45, 7) is 7.35. The van der Waals surface area contributed by atoms with Gasteiger partial charge in [-0.1, -0.05) is 110 Å². The smallest absolute Gasteiger partial charge is 0.183 e. The number of nitrogens with zero attached hydrogens (tertiary/aromatic N) is 1. The molecule has 154 valence electrons. The molecular formula is C24H47NO. The van der Waals surface area contributed by atoms with Crippen LogP contribution in [0.5, 0.6) is 0 Å². The molecule has 0 saturated carbocycles. The molecule has 0 aromatic heterocycles. The van der Waals surface area contributed by atoms with Gasteiger partial charge < -0.3 is 4.74 Å². The molecule has 0 bridgehead atoms. The van der Waals surface area contributed by atoms with Gasteiger partial charge in [0.05, 0.1) is 5.54 Å². The lowest BCUT2D eigenvalue weighted by Crippen LogP contribution is -2.17. The van der Waals surface area contributed by atoms with Gasteiger partial charge in [-0.25, -0.2) is 4.99 Å². The van der Waals surface area contributed by atoms with Crippen LogP contribution in [0.4, 0.5) is 0 Å². The summed E-state index contributed by atoms with van der Waals surface area (Å²) < 4.78 is 5.65. The highest BCUT2D eigenvalue weighted by atomic mass is 16.5. The van der Waals surface area contributed by atoms with E-state index < -0.39 is 0 Å². The molecule has 0 amide bonds. The highest BCUT2D eigenvalue weighted by Gasteiger charge is 2.25. The van der Waals surface area contributed by atoms with Crippen molar-refractivity contribution in [2.45, 2.75) is 142 Å². The molecule has 1 heterocycles. The van der Waals surface area contributed by atoms with Crippen LogP contribution in [0.1, 0.15) is 136 Å². The molecule has 26 heavy (non-hydrogen) atoms. The van der Waals surface area contributed by atoms with Crippen LogP contribution < -0.4 is 0 Å². The van der Waals surface area contributed by atoms with E-state index in [-0.39, 0.29) is 5.54 Å². The summed E-state index contributed by atoms with van der Waals surface area (Å²) in [5.41, 5.74) is 0.0178. The average molecular weight is 366 g/mol. The number of ether oxygens (including phenoxy) is 1. The molecule has 0 aromatic carbocycles. The molecule has 0 aliphatic carbocycles. The first-order valence-electron chi connectivity index (χ1n) is 11.9. The molecule has 0 unspecified atom stereocenters. The third kappa shape index (κ3) is 13.6. The summed E-state index contributed by atoms with van der Waals surface area (Å²) in [7, 11) is 0. The first-order valence-corrected chi connectivity index (χ1v) is 11.9. The van der Waals surface area contributed by atoms with E-state index in [1.54, 1.807) is 0 Å². The van der Waals surface area contributed by atoms with Crippen LogP contribution in [0.3, 0.4) is 0 Å². The van der Waals surface area contributed by atoms with Crippen LogP contribution in [0.25, 0.3) is 0 Å². The predicted octanol–water partition coefficient (Wildman–Crippen LogP) is 8.24. The molecule has 0 N–H and O–H groups in total. The summed E-state index contributed by atoms with van der Waals surface area (Å²) >= 11 is 0. The lowest BCUT2D eigenvalue weighted by Gasteiger charge is -2.07. The van der Waals surface area contributed by atoms with Gasteiger partial charge in [0.15, 0.2) is 5.90 Å². The van der Waals surface area contributed by atoms with E-state index in [1.165, 1.54) is 109 Å². The second-order valence-corrected chi connectivity index (χ2v) is 9.01. The topological polar surface area (TPSA) is 21.6 Å². The van der Waals surface area contributed by atoms with E-state index in [0.717, 1.165) is 18.9 Å². The molecule has 0 fully saturated rings. The standard InChI is InChI=1S/C24H47NO/c1-4-5-6-7-8-9-10-11-12-13-14-15-16-17-18-19-20-21-23-25-24(2,3)22-26-23/h4-22H2,1-3H3. The first-order chi connectivity index (χ1) is 12.6. The summed E-state index contributed by atoms with van der Waals surface area (Å²) in [6, 6.07) is 0. The molecule has 0 atom stereocenters. The fourth-order valence-corrected chi connectivity index (χ4v) is 3.79. The fraction of sp³-hybridized carbons (Fsp3) is 0.958. The van der Waals surface area contributed by atoms with Gasteiger partial charge in [-0.3, -0.25) is 0 Å². The number of hydrogen-bond donors (Lipinski definition) is 0. The van der Waals surface area contributed by atoms with Gasteiger partial charge in [-0.2, -0.15) is 0 Å². The number of rotatable bonds is 18. The van der Waals surface area contributed by atoms with Crippen molar-refractivity contribution in [2.75, 3.05) is 6.61 Å². The molecular weight excluding hydrogens is 318 g/mol. The number of aliphatic imine (C=N–C) groups is 1. The van der Waals surface area contributed by atoms with Gasteiger partial charge in [0.25, 0.3) is 0 Å². The highest BCUT2D eigenvalue weighted by Crippen LogP contribution is 2.20. The zero-order valence-corrected chi connectivity index (χ0v) is 18.3. The van der Waals surface area contributed by atoms with Gasteiger partial charge in [0.2, 0.25) is 0 Å². The van der Waals surface area contributed by atoms with Crippen LogP contribution in [-0.4, -0.2) is 18.0 Å². The maximum atomic E-state index is 5.65. The zero-order valence-electron chi connectivity index (χ0n) is 18.3. The highest BCUT2D eigenvalue weighted by molar-refractivity contribution is 5.78. The van der Waals surface area contributed by atoms with Crippen molar-refractivity contribution in [1.29, 1.82) is 0 Å². The lowest BCUT2D eigenvalue weighted by molar-refractivity contribution is 0.273. The SMILES string of the molecule is CCCCCCCCCCCCCCCCCCCC1=NC(C)(C)CO1. The zero-order chi connectivity index (χ0) is 18.9. The Bertz CT molecular complexity index is 348. The fourth-order valence-electron chi connectivity index (χ4n) is 3.79. The van der Waals surface area contributed by atoms with Gasteiger partial charge in [-0.15, -0.1) is 0 Å². The van der Waals surface area contributed by atoms with Crippen LogP contribution in [-0.2, 0) is 4.74 Å². The molecule has 0 saturated heterocycles. The number of hydrogen-bond acceptors (Lipinski definition) is 2. The summed E-state index contributed by atoms with van der Waals surface area (Å²) in [5.74, 6) is 0.996. The minimum Gasteiger partial charge on any atom is -0.478 e. The van der Waals surface area contributed by atoms with Gasteiger partial charge >= 0.3 is 0 Å². The Labute approximate surface area is 164 Å². The second kappa shape index (κ2) is 15.5. The van der Waals surface area contributed by atoms with Crippen molar-refractivity contribution in [2.24, 2.45) is 4.99 Å². The Morgan fingerprint density at radius 2 is 1.04 bits per heavy atom. The third-order valence-corrected chi connectivity index (χ3v) is 5.51. The van der Waals surface area contributed by atoms with Gasteiger partial charge in [0.1, 0.15) is 6.61 Å². The number of unbranched alkanes of at least 4 members (excludes halogenated alkanes) is 16. The maximum Gasteiger partial charge on any atom is 0.183 e. The maximum absolute atomic E-state index is 5.65. The van der Waals surface area contributed by atoms with Crippen molar-refractivity contribution in [3.63, 3.8) is 0 Å². The normalized spacial score (nSPS) is 15.9. The largest absolute Gasteiger partial charge is 0.478 e. The van der Waals surface area contributed by atoms with Gasteiger partial charge in [-0.05, 0) is 20.3 Å². The van der Waals surface area contributed by atoms with Crippen molar-refractivity contribution in [3.8, 4) is 0 Å². The molecule has 2 heteroatoms. The quantitative estimate of drug-likeness (QED) is 0.224. The monoisotopic (exact) mass is 365 g/mol. The van der Waals surface area contributed by atoms with E-state index in [9.17, 15) is 0 Å². The van der Waals surface area contributed by atoms with Crippen molar-refractivity contribution >= 4 is 5.90 Å². The Morgan fingerprint density at radius 3 is 1.38 bits per heavy atom.